The first kappa shape index (κ1) is 20.2. The van der Waals surface area contributed by atoms with E-state index in [0.717, 1.165) is 44.0 Å². The summed E-state index contributed by atoms with van der Waals surface area (Å²) in [6, 6.07) is 7.24. The summed E-state index contributed by atoms with van der Waals surface area (Å²) >= 11 is 0. The number of benzene rings is 1. The molecule has 5 heteroatoms. The molecule has 0 amide bonds. The number of aromatic hydroxyl groups is 1. The molecule has 1 aromatic carbocycles. The van der Waals surface area contributed by atoms with Gasteiger partial charge in [0, 0.05) is 17.6 Å². The van der Waals surface area contributed by atoms with Crippen molar-refractivity contribution < 1.29 is 24.4 Å². The van der Waals surface area contributed by atoms with Gasteiger partial charge in [0.1, 0.15) is 18.0 Å². The molecule has 4 rings (SSSR count). The van der Waals surface area contributed by atoms with Crippen LogP contribution in [0.1, 0.15) is 46.1 Å². The van der Waals surface area contributed by atoms with Gasteiger partial charge in [-0.1, -0.05) is 45.9 Å². The number of phenolic OH excluding ortho intramolecular Hbond substituents is 1. The first-order valence-corrected chi connectivity index (χ1v) is 9.70. The lowest BCUT2D eigenvalue weighted by atomic mass is 9.63. The Morgan fingerprint density at radius 1 is 1.00 bits per heavy atom. The normalized spacial score (nSPS) is 27.6. The molecule has 2 heterocycles. The Morgan fingerprint density at radius 3 is 2.04 bits per heavy atom. The van der Waals surface area contributed by atoms with E-state index in [1.807, 2.05) is 12.1 Å². The van der Waals surface area contributed by atoms with Gasteiger partial charge in [-0.15, -0.1) is 0 Å². The molecule has 2 unspecified atom stereocenters. The van der Waals surface area contributed by atoms with Gasteiger partial charge in [-0.25, -0.2) is 0 Å². The zero-order valence-electron chi connectivity index (χ0n) is 16.8. The molecule has 2 saturated heterocycles. The van der Waals surface area contributed by atoms with E-state index in [1.165, 1.54) is 0 Å². The van der Waals surface area contributed by atoms with Crippen LogP contribution in [-0.4, -0.2) is 48.8 Å². The number of aliphatic hydroxyl groups is 1. The Morgan fingerprint density at radius 2 is 1.56 bits per heavy atom. The van der Waals surface area contributed by atoms with E-state index in [1.54, 1.807) is 12.1 Å². The molecular formula is C22H32O5. The summed E-state index contributed by atoms with van der Waals surface area (Å²) in [5.74, 6) is 0.657. The molecule has 5 nitrogen and oxygen atoms in total. The fraction of sp³-hybridized carbons (Fsp3) is 0.636. The standard InChI is InChI=1S/C16H22O2.C6H10O3/c1-15(2)9-13(18)14(16(3,4)10-15)11-7-5-6-8-12(11)17;1(5-3-8-5)7-2-6-4-9-6/h5-8,17-18H,9-10H2,1-4H3;5-6H,1-4H2. The summed E-state index contributed by atoms with van der Waals surface area (Å²) in [4.78, 5) is 0. The molecule has 2 aliphatic heterocycles. The van der Waals surface area contributed by atoms with Crippen LogP contribution in [-0.2, 0) is 14.2 Å². The van der Waals surface area contributed by atoms with Gasteiger partial charge in [-0.3, -0.25) is 0 Å². The summed E-state index contributed by atoms with van der Waals surface area (Å²) in [5.41, 5.74) is 1.61. The second-order valence-corrected chi connectivity index (χ2v) is 9.19. The van der Waals surface area contributed by atoms with Crippen LogP contribution in [0.4, 0.5) is 0 Å². The number of allylic oxidation sites excluding steroid dienone is 2. The minimum absolute atomic E-state index is 0.0987. The number of hydrogen-bond acceptors (Lipinski definition) is 5. The largest absolute Gasteiger partial charge is 0.512 e. The molecular weight excluding hydrogens is 344 g/mol. The molecule has 0 radical (unpaired) electrons. The van der Waals surface area contributed by atoms with E-state index in [9.17, 15) is 10.2 Å². The fourth-order valence-corrected chi connectivity index (χ4v) is 4.14. The summed E-state index contributed by atoms with van der Waals surface area (Å²) in [5, 5.41) is 20.4. The van der Waals surface area contributed by atoms with Crippen molar-refractivity contribution in [3.05, 3.63) is 35.6 Å². The molecule has 0 aromatic heterocycles. The molecule has 1 aromatic rings. The van der Waals surface area contributed by atoms with Crippen molar-refractivity contribution >= 4 is 5.57 Å². The Balaban J connectivity index is 0.000000193. The molecule has 0 spiro atoms. The second-order valence-electron chi connectivity index (χ2n) is 9.19. The van der Waals surface area contributed by atoms with E-state index in [-0.39, 0.29) is 16.6 Å². The molecule has 2 atom stereocenters. The number of hydrogen-bond donors (Lipinski definition) is 2. The highest BCUT2D eigenvalue weighted by Gasteiger charge is 2.40. The van der Waals surface area contributed by atoms with Gasteiger partial charge in [-0.2, -0.15) is 0 Å². The van der Waals surface area contributed by atoms with Crippen LogP contribution < -0.4 is 0 Å². The first-order chi connectivity index (χ1) is 12.7. The minimum atomic E-state index is -0.134. The molecule has 0 saturated carbocycles. The van der Waals surface area contributed by atoms with E-state index < -0.39 is 0 Å². The third kappa shape index (κ3) is 5.71. The summed E-state index contributed by atoms with van der Waals surface area (Å²) < 4.78 is 15.1. The van der Waals surface area contributed by atoms with Gasteiger partial charge >= 0.3 is 0 Å². The molecule has 1 aliphatic carbocycles. The van der Waals surface area contributed by atoms with Gasteiger partial charge in [0.25, 0.3) is 0 Å². The predicted octanol–water partition coefficient (Wildman–Crippen LogP) is 4.31. The van der Waals surface area contributed by atoms with Crippen LogP contribution in [0.3, 0.4) is 0 Å². The van der Waals surface area contributed by atoms with Crippen LogP contribution in [0.2, 0.25) is 0 Å². The maximum Gasteiger partial charge on any atom is 0.123 e. The molecule has 27 heavy (non-hydrogen) atoms. The van der Waals surface area contributed by atoms with Crippen molar-refractivity contribution in [1.29, 1.82) is 0 Å². The minimum Gasteiger partial charge on any atom is -0.512 e. The van der Waals surface area contributed by atoms with Crippen molar-refractivity contribution in [2.24, 2.45) is 10.8 Å². The Kier molecular flexibility index (Phi) is 5.84. The van der Waals surface area contributed by atoms with Crippen LogP contribution in [0.5, 0.6) is 5.75 Å². The average Bonchev–Trinajstić information content (AvgIpc) is 3.41. The zero-order valence-corrected chi connectivity index (χ0v) is 16.8. The SMILES string of the molecule is C(OCC1CO1)C1CO1.CC1(C)CC(O)=C(c2ccccc2O)C(C)(C)C1. The molecule has 2 N–H and O–H groups in total. The molecule has 2 fully saturated rings. The lowest BCUT2D eigenvalue weighted by molar-refractivity contribution is 0.102. The molecule has 0 bridgehead atoms. The maximum atomic E-state index is 10.4. The van der Waals surface area contributed by atoms with E-state index in [0.29, 0.717) is 24.4 Å². The third-order valence-electron chi connectivity index (χ3n) is 5.12. The third-order valence-corrected chi connectivity index (χ3v) is 5.12. The highest BCUT2D eigenvalue weighted by molar-refractivity contribution is 5.76. The van der Waals surface area contributed by atoms with Crippen molar-refractivity contribution in [2.45, 2.75) is 52.7 Å². The van der Waals surface area contributed by atoms with Crippen LogP contribution in [0.15, 0.2) is 30.0 Å². The van der Waals surface area contributed by atoms with Gasteiger partial charge in [0.2, 0.25) is 0 Å². The van der Waals surface area contributed by atoms with Crippen molar-refractivity contribution in [3.8, 4) is 5.75 Å². The van der Waals surface area contributed by atoms with Crippen molar-refractivity contribution in [2.75, 3.05) is 26.4 Å². The monoisotopic (exact) mass is 376 g/mol. The van der Waals surface area contributed by atoms with E-state index >= 15 is 0 Å². The number of ether oxygens (including phenoxy) is 3. The van der Waals surface area contributed by atoms with Crippen molar-refractivity contribution in [1.82, 2.24) is 0 Å². The molecule has 150 valence electrons. The quantitative estimate of drug-likeness (QED) is 0.749. The van der Waals surface area contributed by atoms with E-state index in [2.05, 4.69) is 27.7 Å². The summed E-state index contributed by atoms with van der Waals surface area (Å²) in [7, 11) is 0. The smallest absolute Gasteiger partial charge is 0.123 e. The number of para-hydroxylation sites is 1. The average molecular weight is 376 g/mol. The van der Waals surface area contributed by atoms with Gasteiger partial charge in [0.15, 0.2) is 0 Å². The number of phenols is 1. The molecule has 3 aliphatic rings. The van der Waals surface area contributed by atoms with Crippen LogP contribution >= 0.6 is 0 Å². The van der Waals surface area contributed by atoms with Gasteiger partial charge in [-0.05, 0) is 23.3 Å². The number of epoxide rings is 2. The Labute approximate surface area is 161 Å². The lowest BCUT2D eigenvalue weighted by Gasteiger charge is -2.42. The summed E-state index contributed by atoms with van der Waals surface area (Å²) in [6.45, 7) is 11.9. The summed E-state index contributed by atoms with van der Waals surface area (Å²) in [6.07, 6.45) is 2.45. The first-order valence-electron chi connectivity index (χ1n) is 9.70. The maximum absolute atomic E-state index is 10.4. The van der Waals surface area contributed by atoms with E-state index in [4.69, 9.17) is 14.2 Å². The highest BCUT2D eigenvalue weighted by atomic mass is 16.6. The number of aliphatic hydroxyl groups excluding tert-OH is 1. The van der Waals surface area contributed by atoms with Crippen LogP contribution in [0.25, 0.3) is 5.57 Å². The topological polar surface area (TPSA) is 74.8 Å². The van der Waals surface area contributed by atoms with Gasteiger partial charge < -0.3 is 24.4 Å². The predicted molar refractivity (Wildman–Crippen MR) is 105 cm³/mol. The lowest BCUT2D eigenvalue weighted by Crippen LogP contribution is -2.30. The second kappa shape index (κ2) is 7.82. The fourth-order valence-electron chi connectivity index (χ4n) is 4.14. The zero-order chi connectivity index (χ0) is 19.7. The van der Waals surface area contributed by atoms with Crippen molar-refractivity contribution in [3.63, 3.8) is 0 Å². The number of rotatable bonds is 5. The Hall–Kier alpha value is -1.56. The highest BCUT2D eigenvalue weighted by Crippen LogP contribution is 2.53. The Bertz CT molecular complexity index is 672. The van der Waals surface area contributed by atoms with Crippen LogP contribution in [0, 0.1) is 10.8 Å². The van der Waals surface area contributed by atoms with Gasteiger partial charge in [0.05, 0.1) is 32.2 Å².